The van der Waals surface area contributed by atoms with Gasteiger partial charge in [-0.15, -0.1) is 11.3 Å². The number of nitrogens with one attached hydrogen (secondary N) is 1. The number of fused-ring (bicyclic) bond motifs is 1. The van der Waals surface area contributed by atoms with E-state index in [-0.39, 0.29) is 18.8 Å². The van der Waals surface area contributed by atoms with Gasteiger partial charge in [0.2, 0.25) is 0 Å². The number of ether oxygens (including phenoxy) is 1. The maximum Gasteiger partial charge on any atom is 0.0811 e. The minimum absolute atomic E-state index is 0.0347. The lowest BCUT2D eigenvalue weighted by Gasteiger charge is -2.16. The van der Waals surface area contributed by atoms with Crippen LogP contribution in [-0.2, 0) is 4.74 Å². The van der Waals surface area contributed by atoms with Crippen molar-refractivity contribution in [3.8, 4) is 0 Å². The number of rotatable bonds is 5. The molecule has 0 amide bonds. The maximum atomic E-state index is 9.07. The highest BCUT2D eigenvalue weighted by Gasteiger charge is 2.24. The van der Waals surface area contributed by atoms with E-state index in [1.165, 1.54) is 15.0 Å². The molecule has 0 spiro atoms. The fraction of sp³-hybridized carbons (Fsp3) is 0.533. The summed E-state index contributed by atoms with van der Waals surface area (Å²) in [7, 11) is 0. The second-order valence-corrected chi connectivity index (χ2v) is 6.45. The summed E-state index contributed by atoms with van der Waals surface area (Å²) in [5, 5.41) is 13.9. The van der Waals surface area contributed by atoms with Gasteiger partial charge in [-0.3, -0.25) is 4.98 Å². The predicted octanol–water partition coefficient (Wildman–Crippen LogP) is 2.49. The van der Waals surface area contributed by atoms with Crippen LogP contribution < -0.4 is 5.32 Å². The Bertz CT molecular complexity index is 539. The summed E-state index contributed by atoms with van der Waals surface area (Å²) in [6.45, 7) is 3.15. The van der Waals surface area contributed by atoms with Crippen LogP contribution in [-0.4, -0.2) is 35.5 Å². The van der Waals surface area contributed by atoms with Crippen molar-refractivity contribution in [2.45, 2.75) is 38.0 Å². The minimum atomic E-state index is 0.0347. The van der Waals surface area contributed by atoms with Crippen LogP contribution in [0.3, 0.4) is 0 Å². The normalized spacial score (nSPS) is 24.3. The van der Waals surface area contributed by atoms with E-state index in [1.807, 2.05) is 18.5 Å². The van der Waals surface area contributed by atoms with Crippen LogP contribution in [0.1, 0.15) is 30.7 Å². The molecule has 3 heterocycles. The van der Waals surface area contributed by atoms with Gasteiger partial charge in [0.15, 0.2) is 0 Å². The summed E-state index contributed by atoms with van der Waals surface area (Å²) in [6.07, 6.45) is 6.01. The van der Waals surface area contributed by atoms with Crippen molar-refractivity contribution in [1.29, 1.82) is 0 Å². The summed E-state index contributed by atoms with van der Waals surface area (Å²) in [5.74, 6) is 0. The average molecular weight is 292 g/mol. The zero-order valence-electron chi connectivity index (χ0n) is 11.6. The van der Waals surface area contributed by atoms with E-state index >= 15 is 0 Å². The molecular formula is C15H20N2O2S. The molecule has 2 N–H and O–H groups in total. The fourth-order valence-corrected chi connectivity index (χ4v) is 3.65. The summed E-state index contributed by atoms with van der Waals surface area (Å²) in [5.41, 5.74) is 0. The first kappa shape index (κ1) is 13.9. The van der Waals surface area contributed by atoms with Crippen molar-refractivity contribution in [2.24, 2.45) is 0 Å². The number of aromatic nitrogens is 1. The fourth-order valence-electron chi connectivity index (χ4n) is 2.59. The SMILES string of the molecule is CC(NC[C@H]1CC[C@@H](CO)O1)c1cc2ccncc2s1. The molecule has 0 bridgehead atoms. The standard InChI is InChI=1S/C15H20N2O2S/c1-10(17-7-12-2-3-13(9-18)19-12)14-6-11-4-5-16-8-15(11)20-14/h4-6,8,10,12-13,17-18H,2-3,7,9H2,1H3/t10?,12-,13+/m1/s1. The third kappa shape index (κ3) is 3.01. The van der Waals surface area contributed by atoms with Gasteiger partial charge in [0.25, 0.3) is 0 Å². The molecule has 1 saturated heterocycles. The van der Waals surface area contributed by atoms with Gasteiger partial charge in [0.1, 0.15) is 0 Å². The Morgan fingerprint density at radius 2 is 2.35 bits per heavy atom. The first-order valence-corrected chi connectivity index (χ1v) is 7.91. The van der Waals surface area contributed by atoms with Crippen LogP contribution in [0.15, 0.2) is 24.5 Å². The smallest absolute Gasteiger partial charge is 0.0811 e. The molecule has 0 saturated carbocycles. The summed E-state index contributed by atoms with van der Waals surface area (Å²) in [6, 6.07) is 4.59. The number of nitrogens with zero attached hydrogens (tertiary/aromatic N) is 1. The second-order valence-electron chi connectivity index (χ2n) is 5.33. The first-order chi connectivity index (χ1) is 9.76. The van der Waals surface area contributed by atoms with Gasteiger partial charge in [-0.1, -0.05) is 0 Å². The molecule has 1 aliphatic heterocycles. The quantitative estimate of drug-likeness (QED) is 0.889. The van der Waals surface area contributed by atoms with Gasteiger partial charge in [0, 0.05) is 29.9 Å². The van der Waals surface area contributed by atoms with E-state index in [1.54, 1.807) is 11.3 Å². The molecule has 5 heteroatoms. The lowest BCUT2D eigenvalue weighted by Crippen LogP contribution is -2.29. The molecule has 0 aliphatic carbocycles. The Kier molecular flexibility index (Phi) is 4.31. The maximum absolute atomic E-state index is 9.07. The van der Waals surface area contributed by atoms with E-state index in [2.05, 4.69) is 23.3 Å². The highest BCUT2D eigenvalue weighted by atomic mass is 32.1. The topological polar surface area (TPSA) is 54.4 Å². The minimum Gasteiger partial charge on any atom is -0.394 e. The average Bonchev–Trinajstić information content (AvgIpc) is 3.10. The first-order valence-electron chi connectivity index (χ1n) is 7.09. The molecule has 1 aliphatic rings. The molecule has 4 nitrogen and oxygen atoms in total. The van der Waals surface area contributed by atoms with Gasteiger partial charge < -0.3 is 15.2 Å². The molecular weight excluding hydrogens is 272 g/mol. The number of pyridine rings is 1. The van der Waals surface area contributed by atoms with Gasteiger partial charge in [-0.2, -0.15) is 0 Å². The molecule has 20 heavy (non-hydrogen) atoms. The monoisotopic (exact) mass is 292 g/mol. The Morgan fingerprint density at radius 1 is 1.50 bits per heavy atom. The number of thiophene rings is 1. The molecule has 2 aromatic rings. The van der Waals surface area contributed by atoms with Crippen LogP contribution in [0.5, 0.6) is 0 Å². The van der Waals surface area contributed by atoms with E-state index in [9.17, 15) is 0 Å². The van der Waals surface area contributed by atoms with Gasteiger partial charge in [0.05, 0.1) is 23.5 Å². The molecule has 0 aromatic carbocycles. The van der Waals surface area contributed by atoms with Crippen LogP contribution in [0.25, 0.3) is 10.1 Å². The van der Waals surface area contributed by atoms with Crippen molar-refractivity contribution in [1.82, 2.24) is 10.3 Å². The van der Waals surface area contributed by atoms with Crippen molar-refractivity contribution >= 4 is 21.4 Å². The van der Waals surface area contributed by atoms with E-state index in [0.717, 1.165) is 19.4 Å². The summed E-state index contributed by atoms with van der Waals surface area (Å²) in [4.78, 5) is 5.48. The summed E-state index contributed by atoms with van der Waals surface area (Å²) < 4.78 is 6.97. The van der Waals surface area contributed by atoms with Crippen molar-refractivity contribution in [2.75, 3.05) is 13.2 Å². The zero-order valence-corrected chi connectivity index (χ0v) is 12.4. The van der Waals surface area contributed by atoms with Crippen molar-refractivity contribution < 1.29 is 9.84 Å². The third-order valence-corrected chi connectivity index (χ3v) is 5.09. The van der Waals surface area contributed by atoms with Crippen LogP contribution in [0.2, 0.25) is 0 Å². The molecule has 3 rings (SSSR count). The molecule has 1 fully saturated rings. The summed E-state index contributed by atoms with van der Waals surface area (Å²) >= 11 is 1.79. The Hall–Kier alpha value is -1.01. The molecule has 0 radical (unpaired) electrons. The lowest BCUT2D eigenvalue weighted by molar-refractivity contribution is 0.0116. The number of aliphatic hydroxyl groups is 1. The highest BCUT2D eigenvalue weighted by Crippen LogP contribution is 2.29. The number of hydrogen-bond acceptors (Lipinski definition) is 5. The zero-order chi connectivity index (χ0) is 13.9. The Labute approximate surface area is 122 Å². The number of hydrogen-bond donors (Lipinski definition) is 2. The Balaban J connectivity index is 1.57. The van der Waals surface area contributed by atoms with Crippen molar-refractivity contribution in [3.05, 3.63) is 29.4 Å². The van der Waals surface area contributed by atoms with E-state index < -0.39 is 0 Å². The van der Waals surface area contributed by atoms with Crippen LogP contribution in [0, 0.1) is 0 Å². The second kappa shape index (κ2) is 6.18. The van der Waals surface area contributed by atoms with E-state index in [0.29, 0.717) is 6.04 Å². The van der Waals surface area contributed by atoms with Gasteiger partial charge >= 0.3 is 0 Å². The van der Waals surface area contributed by atoms with Crippen LogP contribution >= 0.6 is 11.3 Å². The molecule has 108 valence electrons. The molecule has 1 unspecified atom stereocenters. The number of aliphatic hydroxyl groups excluding tert-OH is 1. The molecule has 2 aromatic heterocycles. The third-order valence-electron chi connectivity index (χ3n) is 3.82. The predicted molar refractivity (Wildman–Crippen MR) is 81.0 cm³/mol. The van der Waals surface area contributed by atoms with Gasteiger partial charge in [-0.25, -0.2) is 0 Å². The molecule has 3 atom stereocenters. The largest absolute Gasteiger partial charge is 0.394 e. The Morgan fingerprint density at radius 3 is 3.10 bits per heavy atom. The highest BCUT2D eigenvalue weighted by molar-refractivity contribution is 7.19. The van der Waals surface area contributed by atoms with Crippen LogP contribution in [0.4, 0.5) is 0 Å². The lowest BCUT2D eigenvalue weighted by atomic mass is 10.2. The van der Waals surface area contributed by atoms with E-state index in [4.69, 9.17) is 9.84 Å². The van der Waals surface area contributed by atoms with Crippen molar-refractivity contribution in [3.63, 3.8) is 0 Å². The van der Waals surface area contributed by atoms with Gasteiger partial charge in [-0.05, 0) is 37.3 Å².